The Bertz CT molecular complexity index is 536. The lowest BCUT2D eigenvalue weighted by Gasteiger charge is -2.25. The summed E-state index contributed by atoms with van der Waals surface area (Å²) in [6.07, 6.45) is 6.10. The van der Waals surface area contributed by atoms with Gasteiger partial charge in [-0.05, 0) is 42.5 Å². The van der Waals surface area contributed by atoms with E-state index >= 15 is 0 Å². The van der Waals surface area contributed by atoms with Crippen LogP contribution in [0.4, 0.5) is 5.69 Å². The van der Waals surface area contributed by atoms with Crippen LogP contribution in [-0.2, 0) is 0 Å². The van der Waals surface area contributed by atoms with Crippen molar-refractivity contribution in [1.29, 1.82) is 0 Å². The van der Waals surface area contributed by atoms with Crippen molar-refractivity contribution in [2.24, 2.45) is 0 Å². The number of hydrogen-bond donors (Lipinski definition) is 1. The Morgan fingerprint density at radius 2 is 2.11 bits per heavy atom. The summed E-state index contributed by atoms with van der Waals surface area (Å²) in [5.74, 6) is 2.46. The van der Waals surface area contributed by atoms with Crippen LogP contribution in [0.2, 0.25) is 5.02 Å². The molecular formula is C14H16ClN3S. The third-order valence-corrected chi connectivity index (χ3v) is 4.65. The molecule has 1 aliphatic rings. The number of halogens is 1. The van der Waals surface area contributed by atoms with Crippen molar-refractivity contribution < 1.29 is 0 Å². The fourth-order valence-electron chi connectivity index (χ4n) is 2.33. The largest absolute Gasteiger partial charge is 0.380 e. The number of rotatable bonds is 3. The highest BCUT2D eigenvalue weighted by Crippen LogP contribution is 2.30. The van der Waals surface area contributed by atoms with E-state index in [1.165, 1.54) is 24.3 Å². The Balaban J connectivity index is 1.90. The third kappa shape index (κ3) is 2.90. The van der Waals surface area contributed by atoms with Crippen LogP contribution in [0.3, 0.4) is 0 Å². The highest BCUT2D eigenvalue weighted by atomic mass is 35.5. The Labute approximate surface area is 122 Å². The molecule has 2 aromatic rings. The van der Waals surface area contributed by atoms with Crippen molar-refractivity contribution in [2.75, 3.05) is 16.8 Å². The first-order valence-corrected chi connectivity index (χ1v) is 8.00. The average molecular weight is 294 g/mol. The number of hydrogen-bond acceptors (Lipinski definition) is 3. The number of nitrogens with zero attached hydrogens (tertiary/aromatic N) is 2. The zero-order valence-electron chi connectivity index (χ0n) is 10.6. The number of para-hydroxylation sites is 1. The second-order valence-electron chi connectivity index (χ2n) is 4.62. The Hall–Kier alpha value is -1.13. The van der Waals surface area contributed by atoms with Gasteiger partial charge in [0.1, 0.15) is 5.69 Å². The van der Waals surface area contributed by atoms with E-state index in [0.29, 0.717) is 6.04 Å². The van der Waals surface area contributed by atoms with Crippen LogP contribution >= 0.6 is 23.4 Å². The zero-order chi connectivity index (χ0) is 13.1. The predicted molar refractivity (Wildman–Crippen MR) is 82.5 cm³/mol. The molecule has 0 bridgehead atoms. The van der Waals surface area contributed by atoms with Crippen molar-refractivity contribution in [2.45, 2.75) is 18.9 Å². The summed E-state index contributed by atoms with van der Waals surface area (Å²) in [4.78, 5) is 0. The molecule has 2 heterocycles. The van der Waals surface area contributed by atoms with Gasteiger partial charge in [-0.25, -0.2) is 4.68 Å². The third-order valence-electron chi connectivity index (χ3n) is 3.30. The van der Waals surface area contributed by atoms with Crippen molar-refractivity contribution in [3.8, 4) is 5.69 Å². The Morgan fingerprint density at radius 1 is 1.26 bits per heavy atom. The van der Waals surface area contributed by atoms with Crippen LogP contribution in [0.25, 0.3) is 5.69 Å². The number of nitrogens with one attached hydrogen (secondary N) is 1. The van der Waals surface area contributed by atoms with E-state index in [9.17, 15) is 0 Å². The van der Waals surface area contributed by atoms with Crippen LogP contribution in [0, 0.1) is 0 Å². The first-order valence-electron chi connectivity index (χ1n) is 6.47. The predicted octanol–water partition coefficient (Wildman–Crippen LogP) is 3.83. The second-order valence-corrected chi connectivity index (χ2v) is 6.25. The van der Waals surface area contributed by atoms with Crippen LogP contribution in [0.5, 0.6) is 0 Å². The molecule has 1 aliphatic heterocycles. The maximum Gasteiger partial charge on any atom is 0.106 e. The van der Waals surface area contributed by atoms with E-state index in [-0.39, 0.29) is 0 Å². The molecular weight excluding hydrogens is 278 g/mol. The fourth-order valence-corrected chi connectivity index (χ4v) is 3.70. The highest BCUT2D eigenvalue weighted by molar-refractivity contribution is 7.99. The molecule has 1 saturated heterocycles. The van der Waals surface area contributed by atoms with E-state index in [1.807, 2.05) is 40.8 Å². The molecule has 0 amide bonds. The van der Waals surface area contributed by atoms with Gasteiger partial charge in [-0.15, -0.1) is 0 Å². The maximum absolute atomic E-state index is 6.33. The van der Waals surface area contributed by atoms with Gasteiger partial charge in [0, 0.05) is 18.4 Å². The second kappa shape index (κ2) is 5.88. The van der Waals surface area contributed by atoms with Crippen molar-refractivity contribution in [3.05, 3.63) is 41.7 Å². The monoisotopic (exact) mass is 293 g/mol. The van der Waals surface area contributed by atoms with Crippen LogP contribution in [0.15, 0.2) is 36.7 Å². The van der Waals surface area contributed by atoms with Gasteiger partial charge in [0.2, 0.25) is 0 Å². The van der Waals surface area contributed by atoms with Gasteiger partial charge in [-0.2, -0.15) is 16.9 Å². The molecule has 0 atom stereocenters. The molecule has 1 fully saturated rings. The minimum atomic E-state index is 0.536. The van der Waals surface area contributed by atoms with Gasteiger partial charge in [-0.3, -0.25) is 0 Å². The average Bonchev–Trinajstić information content (AvgIpc) is 2.94. The minimum Gasteiger partial charge on any atom is -0.380 e. The summed E-state index contributed by atoms with van der Waals surface area (Å²) in [6, 6.07) is 8.40. The summed E-state index contributed by atoms with van der Waals surface area (Å²) in [5, 5.41) is 8.63. The number of benzene rings is 1. The van der Waals surface area contributed by atoms with Gasteiger partial charge in [0.25, 0.3) is 0 Å². The minimum absolute atomic E-state index is 0.536. The summed E-state index contributed by atoms with van der Waals surface area (Å²) in [7, 11) is 0. The standard InChI is InChI=1S/C14H16ClN3S/c15-12-3-1-4-13(14(12)18-8-2-7-16-18)17-11-5-9-19-10-6-11/h1-4,7-8,11,17H,5-6,9-10H2. The van der Waals surface area contributed by atoms with E-state index in [1.54, 1.807) is 6.20 Å². The lowest BCUT2D eigenvalue weighted by molar-refractivity contribution is 0.665. The molecule has 0 unspecified atom stereocenters. The Kier molecular flexibility index (Phi) is 3.99. The summed E-state index contributed by atoms with van der Waals surface area (Å²) in [5.41, 5.74) is 2.00. The number of anilines is 1. The molecule has 3 nitrogen and oxygen atoms in total. The number of thioether (sulfide) groups is 1. The molecule has 0 spiro atoms. The molecule has 19 heavy (non-hydrogen) atoms. The smallest absolute Gasteiger partial charge is 0.106 e. The van der Waals surface area contributed by atoms with Crippen molar-refractivity contribution in [1.82, 2.24) is 9.78 Å². The fraction of sp³-hybridized carbons (Fsp3) is 0.357. The molecule has 5 heteroatoms. The van der Waals surface area contributed by atoms with Gasteiger partial charge in [0.15, 0.2) is 0 Å². The van der Waals surface area contributed by atoms with Crippen LogP contribution in [0.1, 0.15) is 12.8 Å². The van der Waals surface area contributed by atoms with Gasteiger partial charge in [0.05, 0.1) is 10.7 Å². The van der Waals surface area contributed by atoms with Crippen LogP contribution in [-0.4, -0.2) is 27.3 Å². The van der Waals surface area contributed by atoms with E-state index in [4.69, 9.17) is 11.6 Å². The topological polar surface area (TPSA) is 29.9 Å². The first kappa shape index (κ1) is 12.9. The van der Waals surface area contributed by atoms with Gasteiger partial charge < -0.3 is 5.32 Å². The maximum atomic E-state index is 6.33. The van der Waals surface area contributed by atoms with E-state index in [0.717, 1.165) is 16.4 Å². The quantitative estimate of drug-likeness (QED) is 0.933. The van der Waals surface area contributed by atoms with Crippen LogP contribution < -0.4 is 5.32 Å². The van der Waals surface area contributed by atoms with Gasteiger partial charge >= 0.3 is 0 Å². The van der Waals surface area contributed by atoms with E-state index < -0.39 is 0 Å². The molecule has 1 N–H and O–H groups in total. The lowest BCUT2D eigenvalue weighted by atomic mass is 10.1. The summed E-state index contributed by atoms with van der Waals surface area (Å²) in [6.45, 7) is 0. The Morgan fingerprint density at radius 3 is 2.84 bits per heavy atom. The SMILES string of the molecule is Clc1cccc(NC2CCSCC2)c1-n1cccn1. The molecule has 0 radical (unpaired) electrons. The molecule has 1 aromatic carbocycles. The first-order chi connectivity index (χ1) is 9.34. The molecule has 100 valence electrons. The molecule has 3 rings (SSSR count). The van der Waals surface area contributed by atoms with Gasteiger partial charge in [-0.1, -0.05) is 17.7 Å². The summed E-state index contributed by atoms with van der Waals surface area (Å²) < 4.78 is 1.82. The lowest BCUT2D eigenvalue weighted by Crippen LogP contribution is -2.25. The van der Waals surface area contributed by atoms with E-state index in [2.05, 4.69) is 16.5 Å². The number of aromatic nitrogens is 2. The summed E-state index contributed by atoms with van der Waals surface area (Å²) >= 11 is 8.36. The molecule has 0 saturated carbocycles. The highest BCUT2D eigenvalue weighted by Gasteiger charge is 2.16. The van der Waals surface area contributed by atoms with Crippen molar-refractivity contribution in [3.63, 3.8) is 0 Å². The van der Waals surface area contributed by atoms with Crippen molar-refractivity contribution >= 4 is 29.1 Å². The normalized spacial score (nSPS) is 16.5. The molecule has 1 aromatic heterocycles. The molecule has 0 aliphatic carbocycles. The zero-order valence-corrected chi connectivity index (χ0v) is 12.1.